The van der Waals surface area contributed by atoms with Crippen LogP contribution in [0.15, 0.2) is 0 Å². The largest absolute Gasteiger partial charge is 0.394 e. The first-order valence-corrected chi connectivity index (χ1v) is 1.80. The third kappa shape index (κ3) is 6.36. The normalized spacial score (nSPS) is 12.4. The van der Waals surface area contributed by atoms with Crippen LogP contribution in [0.5, 0.6) is 0 Å². The van der Waals surface area contributed by atoms with E-state index >= 15 is 0 Å². The first kappa shape index (κ1) is 10.4. The monoisotopic (exact) mass is 171 g/mol. The van der Waals surface area contributed by atoms with Crippen molar-refractivity contribution < 1.29 is 10.2 Å². The summed E-state index contributed by atoms with van der Waals surface area (Å²) in [5, 5.41) is 16.3. The zero-order valence-electron chi connectivity index (χ0n) is 3.87. The van der Waals surface area contributed by atoms with E-state index in [9.17, 15) is 0 Å². The first-order valence-electron chi connectivity index (χ1n) is 1.80. The van der Waals surface area contributed by atoms with Crippen LogP contribution in [0.4, 0.5) is 0 Å². The summed E-state index contributed by atoms with van der Waals surface area (Å²) in [5.41, 5.74) is 4.87. The predicted molar refractivity (Wildman–Crippen MR) is 32.5 cm³/mol. The Morgan fingerprint density at radius 1 is 1.57 bits per heavy atom. The van der Waals surface area contributed by atoms with E-state index < -0.39 is 6.10 Å². The molecule has 0 fully saturated rings. The van der Waals surface area contributed by atoms with Gasteiger partial charge in [0, 0.05) is 6.54 Å². The van der Waals surface area contributed by atoms with Gasteiger partial charge in [0.2, 0.25) is 0 Å². The van der Waals surface area contributed by atoms with Gasteiger partial charge in [-0.1, -0.05) is 0 Å². The van der Waals surface area contributed by atoms with Gasteiger partial charge in [-0.05, 0) is 0 Å². The molecule has 0 spiro atoms. The summed E-state index contributed by atoms with van der Waals surface area (Å²) in [6.45, 7) is -0.104. The summed E-state index contributed by atoms with van der Waals surface area (Å²) in [4.78, 5) is 0. The maximum Gasteiger partial charge on any atom is 0.0892 e. The van der Waals surface area contributed by atoms with E-state index in [1.54, 1.807) is 0 Å². The molecule has 0 saturated carbocycles. The second kappa shape index (κ2) is 6.36. The molecule has 0 radical (unpaired) electrons. The molecular formula is C3H10BrNO2. The van der Waals surface area contributed by atoms with Crippen LogP contribution in [-0.4, -0.2) is 29.5 Å². The molecule has 3 nitrogen and oxygen atoms in total. The standard InChI is InChI=1S/C3H9NO2.BrH/c4-1-3(6)2-5;/h3,5-6H,1-2,4H2;1H. The van der Waals surface area contributed by atoms with E-state index in [0.717, 1.165) is 0 Å². The third-order valence-corrected chi connectivity index (χ3v) is 0.483. The summed E-state index contributed by atoms with van der Waals surface area (Å²) < 4.78 is 0. The highest BCUT2D eigenvalue weighted by Gasteiger charge is 1.92. The number of hydrogen-bond donors (Lipinski definition) is 3. The highest BCUT2D eigenvalue weighted by molar-refractivity contribution is 8.93. The number of hydrogen-bond acceptors (Lipinski definition) is 3. The Morgan fingerprint density at radius 3 is 2.00 bits per heavy atom. The lowest BCUT2D eigenvalue weighted by atomic mass is 10.4. The molecule has 0 heterocycles. The van der Waals surface area contributed by atoms with Gasteiger partial charge in [0.25, 0.3) is 0 Å². The highest BCUT2D eigenvalue weighted by Crippen LogP contribution is 1.69. The average molecular weight is 172 g/mol. The van der Waals surface area contributed by atoms with E-state index in [-0.39, 0.29) is 30.1 Å². The maximum absolute atomic E-state index is 8.29. The Hall–Kier alpha value is 0.360. The summed E-state index contributed by atoms with van der Waals surface area (Å²) in [6, 6.07) is 0. The van der Waals surface area contributed by atoms with E-state index in [4.69, 9.17) is 15.9 Å². The van der Waals surface area contributed by atoms with Crippen LogP contribution in [0.1, 0.15) is 0 Å². The third-order valence-electron chi connectivity index (χ3n) is 0.483. The van der Waals surface area contributed by atoms with Gasteiger partial charge in [-0.3, -0.25) is 0 Å². The molecule has 46 valence electrons. The van der Waals surface area contributed by atoms with Crippen LogP contribution in [0.2, 0.25) is 0 Å². The topological polar surface area (TPSA) is 66.5 Å². The molecule has 0 aliphatic rings. The number of aliphatic hydroxyl groups is 2. The molecule has 0 aliphatic heterocycles. The maximum atomic E-state index is 8.29. The van der Waals surface area contributed by atoms with Gasteiger partial charge in [0.1, 0.15) is 0 Å². The molecule has 0 saturated heterocycles. The van der Waals surface area contributed by atoms with Crippen molar-refractivity contribution in [1.82, 2.24) is 0 Å². The molecular weight excluding hydrogens is 162 g/mol. The van der Waals surface area contributed by atoms with Gasteiger partial charge in [-0.25, -0.2) is 0 Å². The molecule has 0 aliphatic carbocycles. The minimum absolute atomic E-state index is 0. The fraction of sp³-hybridized carbons (Fsp3) is 1.00. The molecule has 0 aromatic rings. The Morgan fingerprint density at radius 2 is 2.00 bits per heavy atom. The van der Waals surface area contributed by atoms with E-state index in [2.05, 4.69) is 0 Å². The van der Waals surface area contributed by atoms with Crippen molar-refractivity contribution in [2.24, 2.45) is 5.73 Å². The molecule has 4 heteroatoms. The number of halogens is 1. The second-order valence-corrected chi connectivity index (χ2v) is 1.07. The Kier molecular flexibility index (Phi) is 9.42. The SMILES string of the molecule is Br.NCC(O)CO. The zero-order valence-corrected chi connectivity index (χ0v) is 5.58. The minimum Gasteiger partial charge on any atom is -0.394 e. The van der Waals surface area contributed by atoms with Crippen LogP contribution in [0.3, 0.4) is 0 Å². The molecule has 4 N–H and O–H groups in total. The van der Waals surface area contributed by atoms with Gasteiger partial charge in [-0.2, -0.15) is 0 Å². The van der Waals surface area contributed by atoms with Crippen molar-refractivity contribution in [2.45, 2.75) is 6.10 Å². The van der Waals surface area contributed by atoms with Gasteiger partial charge in [0.05, 0.1) is 12.7 Å². The Bertz CT molecular complexity index is 32.1. The van der Waals surface area contributed by atoms with Crippen LogP contribution >= 0.6 is 17.0 Å². The summed E-state index contributed by atoms with van der Waals surface area (Å²) >= 11 is 0. The molecule has 0 amide bonds. The lowest BCUT2D eigenvalue weighted by Gasteiger charge is -1.97. The molecule has 1 unspecified atom stereocenters. The number of aliphatic hydroxyl groups excluding tert-OH is 2. The van der Waals surface area contributed by atoms with Crippen molar-refractivity contribution in [2.75, 3.05) is 13.2 Å². The average Bonchev–Trinajstić information content (AvgIpc) is 1.65. The van der Waals surface area contributed by atoms with E-state index in [1.165, 1.54) is 0 Å². The van der Waals surface area contributed by atoms with Crippen molar-refractivity contribution in [3.05, 3.63) is 0 Å². The van der Waals surface area contributed by atoms with E-state index in [0.29, 0.717) is 0 Å². The molecule has 0 aromatic heterocycles. The van der Waals surface area contributed by atoms with Gasteiger partial charge < -0.3 is 15.9 Å². The summed E-state index contributed by atoms with van der Waals surface area (Å²) in [5.74, 6) is 0. The summed E-state index contributed by atoms with van der Waals surface area (Å²) in [7, 11) is 0. The molecule has 1 atom stereocenters. The molecule has 0 aromatic carbocycles. The van der Waals surface area contributed by atoms with Crippen LogP contribution < -0.4 is 5.73 Å². The van der Waals surface area contributed by atoms with Crippen molar-refractivity contribution in [1.29, 1.82) is 0 Å². The fourth-order valence-corrected chi connectivity index (χ4v) is 0.0745. The van der Waals surface area contributed by atoms with Crippen molar-refractivity contribution in [3.63, 3.8) is 0 Å². The first-order chi connectivity index (χ1) is 2.81. The molecule has 7 heavy (non-hydrogen) atoms. The lowest BCUT2D eigenvalue weighted by molar-refractivity contribution is 0.102. The Balaban J connectivity index is 0. The van der Waals surface area contributed by atoms with E-state index in [1.807, 2.05) is 0 Å². The number of nitrogens with two attached hydrogens (primary N) is 1. The predicted octanol–water partition coefficient (Wildman–Crippen LogP) is -1.12. The molecule has 0 rings (SSSR count). The molecule has 0 bridgehead atoms. The second-order valence-electron chi connectivity index (χ2n) is 1.07. The zero-order chi connectivity index (χ0) is 4.99. The highest BCUT2D eigenvalue weighted by atomic mass is 79.9. The van der Waals surface area contributed by atoms with Crippen LogP contribution in [-0.2, 0) is 0 Å². The van der Waals surface area contributed by atoms with Crippen molar-refractivity contribution >= 4 is 17.0 Å². The quantitative estimate of drug-likeness (QED) is 0.494. The summed E-state index contributed by atoms with van der Waals surface area (Å²) in [6.07, 6.45) is -0.731. The van der Waals surface area contributed by atoms with Gasteiger partial charge in [0.15, 0.2) is 0 Å². The van der Waals surface area contributed by atoms with Crippen molar-refractivity contribution in [3.8, 4) is 0 Å². The van der Waals surface area contributed by atoms with Gasteiger partial charge >= 0.3 is 0 Å². The smallest absolute Gasteiger partial charge is 0.0892 e. The van der Waals surface area contributed by atoms with Gasteiger partial charge in [-0.15, -0.1) is 17.0 Å². The lowest BCUT2D eigenvalue weighted by Crippen LogP contribution is -2.22. The number of rotatable bonds is 2. The minimum atomic E-state index is -0.731. The fourth-order valence-electron chi connectivity index (χ4n) is 0.0745. The van der Waals surface area contributed by atoms with Crippen LogP contribution in [0, 0.1) is 0 Å². The Labute approximate surface area is 52.9 Å². The van der Waals surface area contributed by atoms with Crippen LogP contribution in [0.25, 0.3) is 0 Å².